The van der Waals surface area contributed by atoms with Crippen LogP contribution in [0.4, 0.5) is 0 Å². The Labute approximate surface area is 158 Å². The van der Waals surface area contributed by atoms with E-state index in [2.05, 4.69) is 6.92 Å². The van der Waals surface area contributed by atoms with Crippen LogP contribution in [-0.2, 0) is 9.53 Å². The lowest BCUT2D eigenvalue weighted by atomic mass is 9.39. The third kappa shape index (κ3) is 2.23. The number of rotatable bonds is 2. The maximum atomic E-state index is 12.5. The molecular formula is C20H30O7. The first kappa shape index (κ1) is 19.3. The quantitative estimate of drug-likeness (QED) is 0.428. The van der Waals surface area contributed by atoms with Crippen molar-refractivity contribution in [1.29, 1.82) is 0 Å². The van der Waals surface area contributed by atoms with Crippen molar-refractivity contribution in [3.8, 4) is 0 Å². The van der Waals surface area contributed by atoms with Crippen molar-refractivity contribution in [3.05, 3.63) is 11.1 Å². The summed E-state index contributed by atoms with van der Waals surface area (Å²) in [6.07, 6.45) is -0.587. The minimum absolute atomic E-state index is 0.0532. The molecule has 3 unspecified atom stereocenters. The second-order valence-corrected chi connectivity index (χ2v) is 9.54. The van der Waals surface area contributed by atoms with Crippen molar-refractivity contribution in [3.63, 3.8) is 0 Å². The zero-order chi connectivity index (χ0) is 19.8. The van der Waals surface area contributed by atoms with Gasteiger partial charge in [0.05, 0.1) is 31.0 Å². The molecule has 0 amide bonds. The van der Waals surface area contributed by atoms with E-state index >= 15 is 0 Å². The number of fused-ring (bicyclic) bond motifs is 4. The van der Waals surface area contributed by atoms with Crippen LogP contribution in [0, 0.1) is 28.1 Å². The average Bonchev–Trinajstić information content (AvgIpc) is 2.94. The Morgan fingerprint density at radius 1 is 1.07 bits per heavy atom. The van der Waals surface area contributed by atoms with Crippen LogP contribution < -0.4 is 0 Å². The number of cyclic esters (lactones) is 1. The highest BCUT2D eigenvalue weighted by Crippen LogP contribution is 2.69. The number of carbonyl (C=O) groups excluding carboxylic acids is 1. The van der Waals surface area contributed by atoms with Crippen LogP contribution in [0.15, 0.2) is 11.1 Å². The Hall–Kier alpha value is -0.990. The van der Waals surface area contributed by atoms with Crippen molar-refractivity contribution < 1.29 is 35.1 Å². The Bertz CT molecular complexity index is 690. The predicted molar refractivity (Wildman–Crippen MR) is 94.0 cm³/mol. The number of hydrogen-bond acceptors (Lipinski definition) is 7. The van der Waals surface area contributed by atoms with Gasteiger partial charge in [-0.3, -0.25) is 0 Å². The molecule has 27 heavy (non-hydrogen) atoms. The molecule has 0 aromatic heterocycles. The molecule has 8 atom stereocenters. The summed E-state index contributed by atoms with van der Waals surface area (Å²) in [5.74, 6) is -0.722. The molecule has 0 bridgehead atoms. The zero-order valence-electron chi connectivity index (χ0n) is 15.9. The molecule has 1 aliphatic heterocycles. The molecule has 2 saturated carbocycles. The predicted octanol–water partition coefficient (Wildman–Crippen LogP) is 0.0873. The minimum Gasteiger partial charge on any atom is -0.428 e. The maximum Gasteiger partial charge on any atom is 0.337 e. The van der Waals surface area contributed by atoms with Gasteiger partial charge in [0.15, 0.2) is 0 Å². The zero-order valence-corrected chi connectivity index (χ0v) is 15.9. The molecule has 5 N–H and O–H groups in total. The number of aliphatic hydroxyl groups excluding tert-OH is 5. The highest BCUT2D eigenvalue weighted by molar-refractivity contribution is 5.94. The average molecular weight is 382 g/mol. The van der Waals surface area contributed by atoms with Gasteiger partial charge in [0, 0.05) is 16.4 Å². The molecule has 7 heteroatoms. The molecule has 0 spiro atoms. The van der Waals surface area contributed by atoms with Gasteiger partial charge < -0.3 is 30.3 Å². The summed E-state index contributed by atoms with van der Waals surface area (Å²) in [6.45, 7) is 3.40. The topological polar surface area (TPSA) is 127 Å². The lowest BCUT2D eigenvalue weighted by Gasteiger charge is -2.65. The fraction of sp³-hybridized carbons (Fsp3) is 0.850. The third-order valence-corrected chi connectivity index (χ3v) is 8.49. The van der Waals surface area contributed by atoms with Crippen molar-refractivity contribution >= 4 is 5.97 Å². The number of ether oxygens (including phenoxy) is 1. The van der Waals surface area contributed by atoms with Crippen molar-refractivity contribution in [2.75, 3.05) is 13.2 Å². The maximum absolute atomic E-state index is 12.5. The molecule has 152 valence electrons. The highest BCUT2D eigenvalue weighted by atomic mass is 16.6. The van der Waals surface area contributed by atoms with E-state index in [0.717, 1.165) is 0 Å². The molecule has 4 rings (SSSR count). The molecule has 7 nitrogen and oxygen atoms in total. The lowest BCUT2D eigenvalue weighted by Crippen LogP contribution is -2.66. The fourth-order valence-corrected chi connectivity index (χ4v) is 7.29. The summed E-state index contributed by atoms with van der Waals surface area (Å²) in [6, 6.07) is 0. The Morgan fingerprint density at radius 3 is 2.41 bits per heavy atom. The molecular weight excluding hydrogens is 352 g/mol. The van der Waals surface area contributed by atoms with E-state index in [1.807, 2.05) is 6.92 Å². The van der Waals surface area contributed by atoms with Crippen LogP contribution in [0.3, 0.4) is 0 Å². The van der Waals surface area contributed by atoms with E-state index in [0.29, 0.717) is 43.3 Å². The molecule has 2 fully saturated rings. The molecule has 0 saturated heterocycles. The van der Waals surface area contributed by atoms with Crippen molar-refractivity contribution in [2.24, 2.45) is 28.1 Å². The van der Waals surface area contributed by atoms with Gasteiger partial charge in [-0.2, -0.15) is 0 Å². The smallest absolute Gasteiger partial charge is 0.337 e. The van der Waals surface area contributed by atoms with E-state index in [1.54, 1.807) is 0 Å². The first-order chi connectivity index (χ1) is 12.7. The lowest BCUT2D eigenvalue weighted by molar-refractivity contribution is -0.229. The van der Waals surface area contributed by atoms with Gasteiger partial charge in [-0.25, -0.2) is 4.79 Å². The summed E-state index contributed by atoms with van der Waals surface area (Å²) < 4.78 is 5.06. The Morgan fingerprint density at radius 2 is 1.78 bits per heavy atom. The Kier molecular flexibility index (Phi) is 4.30. The van der Waals surface area contributed by atoms with E-state index in [4.69, 9.17) is 4.74 Å². The van der Waals surface area contributed by atoms with E-state index in [1.165, 1.54) is 0 Å². The standard InChI is InChI=1S/C20H30O7/c1-18-7-11(23)15(24)19(2,8-21)12(18)5-6-20(9-22)13(18)4-3-10-14(20)17(26)27-16(10)25/h11-13,15-16,21-25H,3-9H2,1-2H3/t11-,12?,13?,15-,16?,18-,19+,20-/m0/s1. The van der Waals surface area contributed by atoms with Crippen LogP contribution in [-0.4, -0.2) is 63.2 Å². The number of carbonyl (C=O) groups is 1. The van der Waals surface area contributed by atoms with Gasteiger partial charge in [0.2, 0.25) is 6.29 Å². The molecule has 0 aromatic rings. The largest absolute Gasteiger partial charge is 0.428 e. The first-order valence-corrected chi connectivity index (χ1v) is 9.86. The summed E-state index contributed by atoms with van der Waals surface area (Å²) in [5.41, 5.74) is -1.14. The van der Waals surface area contributed by atoms with Gasteiger partial charge >= 0.3 is 5.97 Å². The van der Waals surface area contributed by atoms with Gasteiger partial charge in [-0.1, -0.05) is 13.8 Å². The molecule has 4 aliphatic rings. The van der Waals surface area contributed by atoms with Crippen molar-refractivity contribution in [1.82, 2.24) is 0 Å². The van der Waals surface area contributed by atoms with Gasteiger partial charge in [0.25, 0.3) is 0 Å². The van der Waals surface area contributed by atoms with E-state index < -0.39 is 40.7 Å². The molecule has 0 radical (unpaired) electrons. The fourth-order valence-electron chi connectivity index (χ4n) is 7.29. The second kappa shape index (κ2) is 6.00. The van der Waals surface area contributed by atoms with Crippen LogP contribution in [0.25, 0.3) is 0 Å². The summed E-state index contributed by atoms with van der Waals surface area (Å²) in [5, 5.41) is 51.9. The molecule has 1 heterocycles. The second-order valence-electron chi connectivity index (χ2n) is 9.54. The molecule has 0 aromatic carbocycles. The summed E-state index contributed by atoms with van der Waals surface area (Å²) in [4.78, 5) is 12.5. The van der Waals surface area contributed by atoms with Gasteiger partial charge in [-0.05, 0) is 49.4 Å². The van der Waals surface area contributed by atoms with Crippen molar-refractivity contribution in [2.45, 2.75) is 64.4 Å². The van der Waals surface area contributed by atoms with E-state index in [-0.39, 0.29) is 25.0 Å². The summed E-state index contributed by atoms with van der Waals surface area (Å²) >= 11 is 0. The van der Waals surface area contributed by atoms with Crippen LogP contribution in [0.5, 0.6) is 0 Å². The van der Waals surface area contributed by atoms with Gasteiger partial charge in [-0.15, -0.1) is 0 Å². The monoisotopic (exact) mass is 382 g/mol. The van der Waals surface area contributed by atoms with E-state index in [9.17, 15) is 30.3 Å². The van der Waals surface area contributed by atoms with Crippen LogP contribution in [0.1, 0.15) is 46.0 Å². The highest BCUT2D eigenvalue weighted by Gasteiger charge is 2.67. The minimum atomic E-state index is -1.23. The number of hydrogen-bond donors (Lipinski definition) is 5. The first-order valence-electron chi connectivity index (χ1n) is 9.86. The third-order valence-electron chi connectivity index (χ3n) is 8.49. The summed E-state index contributed by atoms with van der Waals surface area (Å²) in [7, 11) is 0. The number of aliphatic hydroxyl groups is 5. The van der Waals surface area contributed by atoms with Crippen LogP contribution in [0.2, 0.25) is 0 Å². The molecule has 3 aliphatic carbocycles. The normalized spacial score (nSPS) is 52.1. The van der Waals surface area contributed by atoms with Crippen LogP contribution >= 0.6 is 0 Å². The Balaban J connectivity index is 1.84. The number of esters is 1. The SMILES string of the molecule is C[C@]12C[C@H](O)[C@H](O)[C@](C)(CO)C1CC[C@@]1(CO)C3=C(CCC12)C(O)OC3=O. The van der Waals surface area contributed by atoms with Gasteiger partial charge in [0.1, 0.15) is 0 Å².